The lowest BCUT2D eigenvalue weighted by Crippen LogP contribution is -2.48. The van der Waals surface area contributed by atoms with Crippen molar-refractivity contribution in [1.29, 1.82) is 0 Å². The normalized spacial score (nSPS) is 12.3. The van der Waals surface area contributed by atoms with Crippen LogP contribution in [-0.4, -0.2) is 55.8 Å². The van der Waals surface area contributed by atoms with Gasteiger partial charge in [-0.15, -0.1) is 0 Å². The van der Waals surface area contributed by atoms with Gasteiger partial charge in [-0.05, 0) is 31.2 Å². The van der Waals surface area contributed by atoms with Crippen LogP contribution in [-0.2, 0) is 21.4 Å². The molecule has 0 saturated carbocycles. The number of nitrogens with zero attached hydrogens (tertiary/aromatic N) is 4. The molecular formula is C21H24N4O5S. The highest BCUT2D eigenvalue weighted by Gasteiger charge is 2.31. The molecule has 0 unspecified atom stereocenters. The van der Waals surface area contributed by atoms with Crippen LogP contribution in [0.15, 0.2) is 59.1 Å². The summed E-state index contributed by atoms with van der Waals surface area (Å²) in [6.45, 7) is 1.58. The predicted molar refractivity (Wildman–Crippen MR) is 116 cm³/mol. The molecule has 1 aromatic heterocycles. The van der Waals surface area contributed by atoms with E-state index in [1.807, 2.05) is 12.1 Å². The highest BCUT2D eigenvalue weighted by atomic mass is 32.2. The molecule has 10 heteroatoms. The molecule has 0 aliphatic heterocycles. The van der Waals surface area contributed by atoms with E-state index in [1.165, 1.54) is 4.90 Å². The topological polar surface area (TPSA) is 106 Å². The zero-order valence-electron chi connectivity index (χ0n) is 17.7. The number of sulfonamides is 1. The fourth-order valence-electron chi connectivity index (χ4n) is 3.18. The van der Waals surface area contributed by atoms with Gasteiger partial charge in [-0.3, -0.25) is 9.10 Å². The number of para-hydroxylation sites is 1. The second-order valence-electron chi connectivity index (χ2n) is 7.01. The number of likely N-dealkylation sites (N-methyl/N-ethyl adjacent to an activating group) is 1. The van der Waals surface area contributed by atoms with Crippen LogP contribution in [0, 0.1) is 0 Å². The Balaban J connectivity index is 1.76. The second-order valence-corrected chi connectivity index (χ2v) is 8.87. The summed E-state index contributed by atoms with van der Waals surface area (Å²) in [4.78, 5) is 18.7. The molecule has 0 N–H and O–H groups in total. The number of anilines is 1. The molecule has 0 saturated heterocycles. The van der Waals surface area contributed by atoms with Gasteiger partial charge in [0.2, 0.25) is 27.6 Å². The Hall–Kier alpha value is -3.40. The maximum absolute atomic E-state index is 13.0. The summed E-state index contributed by atoms with van der Waals surface area (Å²) in [7, 11) is -0.562. The van der Waals surface area contributed by atoms with Crippen molar-refractivity contribution >= 4 is 21.6 Å². The quantitative estimate of drug-likeness (QED) is 0.526. The summed E-state index contributed by atoms with van der Waals surface area (Å²) in [5.41, 5.74) is 1.13. The minimum Gasteiger partial charge on any atom is -0.497 e. The van der Waals surface area contributed by atoms with E-state index in [1.54, 1.807) is 63.5 Å². The van der Waals surface area contributed by atoms with Gasteiger partial charge in [0.15, 0.2) is 0 Å². The Morgan fingerprint density at radius 3 is 2.52 bits per heavy atom. The fourth-order valence-corrected chi connectivity index (χ4v) is 4.35. The SMILES string of the molecule is COc1cccc(-c2noc(CN(C)C(=O)[C@H](C)N(c3ccccc3)S(C)(=O)=O)n2)c1. The zero-order chi connectivity index (χ0) is 22.6. The van der Waals surface area contributed by atoms with Gasteiger partial charge in [-0.2, -0.15) is 4.98 Å². The number of aromatic nitrogens is 2. The van der Waals surface area contributed by atoms with Gasteiger partial charge in [0.05, 0.1) is 25.6 Å². The van der Waals surface area contributed by atoms with Crippen LogP contribution in [0.3, 0.4) is 0 Å². The Morgan fingerprint density at radius 2 is 1.87 bits per heavy atom. The fraction of sp³-hybridized carbons (Fsp3) is 0.286. The van der Waals surface area contributed by atoms with E-state index >= 15 is 0 Å². The largest absolute Gasteiger partial charge is 0.497 e. The minimum atomic E-state index is -3.68. The van der Waals surface area contributed by atoms with E-state index in [4.69, 9.17) is 9.26 Å². The number of methoxy groups -OCH3 is 1. The van der Waals surface area contributed by atoms with Gasteiger partial charge in [0.25, 0.3) is 0 Å². The number of ether oxygens (including phenoxy) is 1. The molecule has 1 atom stereocenters. The van der Waals surface area contributed by atoms with Gasteiger partial charge in [0, 0.05) is 12.6 Å². The second kappa shape index (κ2) is 9.17. The summed E-state index contributed by atoms with van der Waals surface area (Å²) in [6.07, 6.45) is 1.07. The van der Waals surface area contributed by atoms with Gasteiger partial charge in [0.1, 0.15) is 11.8 Å². The standard InChI is InChI=1S/C21H24N4O5S/c1-15(25(31(4,27)28)17-10-6-5-7-11-17)21(26)24(2)14-19-22-20(23-30-19)16-9-8-12-18(13-16)29-3/h5-13,15H,14H2,1-4H3/t15-/m0/s1. The maximum Gasteiger partial charge on any atom is 0.246 e. The van der Waals surface area contributed by atoms with Crippen LogP contribution >= 0.6 is 0 Å². The Labute approximate surface area is 181 Å². The first-order valence-corrected chi connectivity index (χ1v) is 11.3. The van der Waals surface area contributed by atoms with E-state index < -0.39 is 22.0 Å². The number of amides is 1. The molecule has 3 aromatic rings. The monoisotopic (exact) mass is 444 g/mol. The number of benzene rings is 2. The van der Waals surface area contributed by atoms with Crippen LogP contribution < -0.4 is 9.04 Å². The molecular weight excluding hydrogens is 420 g/mol. The van der Waals surface area contributed by atoms with Crippen molar-refractivity contribution in [1.82, 2.24) is 15.0 Å². The van der Waals surface area contributed by atoms with Gasteiger partial charge < -0.3 is 14.2 Å². The highest BCUT2D eigenvalue weighted by molar-refractivity contribution is 7.92. The molecule has 9 nitrogen and oxygen atoms in total. The summed E-state index contributed by atoms with van der Waals surface area (Å²) in [5, 5.41) is 3.96. The molecule has 164 valence electrons. The molecule has 0 radical (unpaired) electrons. The first-order valence-electron chi connectivity index (χ1n) is 9.47. The molecule has 0 aliphatic carbocycles. The van der Waals surface area contributed by atoms with Crippen LogP contribution in [0.1, 0.15) is 12.8 Å². The molecule has 0 aliphatic rings. The third-order valence-electron chi connectivity index (χ3n) is 4.62. The number of hydrogen-bond donors (Lipinski definition) is 0. The molecule has 0 fully saturated rings. The average Bonchev–Trinajstić information content (AvgIpc) is 3.21. The van der Waals surface area contributed by atoms with Crippen molar-refractivity contribution in [2.75, 3.05) is 24.7 Å². The number of carbonyl (C=O) groups excluding carboxylic acids is 1. The smallest absolute Gasteiger partial charge is 0.246 e. The Kier molecular flexibility index (Phi) is 6.59. The van der Waals surface area contributed by atoms with Gasteiger partial charge in [-0.1, -0.05) is 35.5 Å². The molecule has 0 bridgehead atoms. The lowest BCUT2D eigenvalue weighted by Gasteiger charge is -2.30. The van der Waals surface area contributed by atoms with Crippen LogP contribution in [0.25, 0.3) is 11.4 Å². The van der Waals surface area contributed by atoms with Gasteiger partial charge >= 0.3 is 0 Å². The first kappa shape index (κ1) is 22.3. The van der Waals surface area contributed by atoms with Crippen LogP contribution in [0.2, 0.25) is 0 Å². The lowest BCUT2D eigenvalue weighted by atomic mass is 10.2. The molecule has 2 aromatic carbocycles. The van der Waals surface area contributed by atoms with E-state index in [-0.39, 0.29) is 12.4 Å². The summed E-state index contributed by atoms with van der Waals surface area (Å²) < 4.78 is 36.3. The predicted octanol–water partition coefficient (Wildman–Crippen LogP) is 2.56. The van der Waals surface area contributed by atoms with E-state index in [0.717, 1.165) is 10.6 Å². The van der Waals surface area contributed by atoms with Crippen molar-refractivity contribution in [3.8, 4) is 17.1 Å². The number of carbonyl (C=O) groups is 1. The summed E-state index contributed by atoms with van der Waals surface area (Å²) in [5.74, 6) is 0.846. The third kappa shape index (κ3) is 5.21. The first-order chi connectivity index (χ1) is 14.7. The number of hydrogen-bond acceptors (Lipinski definition) is 7. The maximum atomic E-state index is 13.0. The molecule has 1 amide bonds. The van der Waals surface area contributed by atoms with Crippen molar-refractivity contribution in [2.24, 2.45) is 0 Å². The van der Waals surface area contributed by atoms with E-state index in [0.29, 0.717) is 22.8 Å². The third-order valence-corrected chi connectivity index (χ3v) is 5.86. The van der Waals surface area contributed by atoms with Crippen LogP contribution in [0.5, 0.6) is 5.75 Å². The summed E-state index contributed by atoms with van der Waals surface area (Å²) in [6, 6.07) is 14.7. The Morgan fingerprint density at radius 1 is 1.16 bits per heavy atom. The van der Waals surface area contributed by atoms with Crippen molar-refractivity contribution in [3.63, 3.8) is 0 Å². The molecule has 3 rings (SSSR count). The number of rotatable bonds is 8. The molecule has 0 spiro atoms. The van der Waals surface area contributed by atoms with Crippen molar-refractivity contribution in [3.05, 3.63) is 60.5 Å². The minimum absolute atomic E-state index is 0.0343. The van der Waals surface area contributed by atoms with Crippen LogP contribution in [0.4, 0.5) is 5.69 Å². The average molecular weight is 445 g/mol. The highest BCUT2D eigenvalue weighted by Crippen LogP contribution is 2.23. The summed E-state index contributed by atoms with van der Waals surface area (Å²) >= 11 is 0. The molecule has 31 heavy (non-hydrogen) atoms. The van der Waals surface area contributed by atoms with Crippen molar-refractivity contribution in [2.45, 2.75) is 19.5 Å². The zero-order valence-corrected chi connectivity index (χ0v) is 18.5. The molecule has 1 heterocycles. The van der Waals surface area contributed by atoms with Gasteiger partial charge in [-0.25, -0.2) is 8.42 Å². The van der Waals surface area contributed by atoms with E-state index in [2.05, 4.69) is 10.1 Å². The lowest BCUT2D eigenvalue weighted by molar-refractivity contribution is -0.131. The Bertz CT molecular complexity index is 1150. The van der Waals surface area contributed by atoms with E-state index in [9.17, 15) is 13.2 Å². The van der Waals surface area contributed by atoms with Crippen molar-refractivity contribution < 1.29 is 22.5 Å².